The molecule has 1 atom stereocenters. The van der Waals surface area contributed by atoms with Crippen molar-refractivity contribution < 1.29 is 14.7 Å². The maximum atomic E-state index is 12.1. The van der Waals surface area contributed by atoms with Crippen LogP contribution in [0.4, 0.5) is 0 Å². The molecule has 0 saturated carbocycles. The van der Waals surface area contributed by atoms with Crippen LogP contribution in [0, 0.1) is 0 Å². The van der Waals surface area contributed by atoms with Crippen molar-refractivity contribution in [2.24, 2.45) is 0 Å². The minimum absolute atomic E-state index is 0.272. The van der Waals surface area contributed by atoms with Crippen molar-refractivity contribution >= 4 is 23.2 Å². The topological polar surface area (TPSA) is 66.4 Å². The van der Waals surface area contributed by atoms with E-state index in [0.29, 0.717) is 4.88 Å². The van der Waals surface area contributed by atoms with Gasteiger partial charge >= 0.3 is 5.97 Å². The Morgan fingerprint density at radius 2 is 1.90 bits per heavy atom. The first-order chi connectivity index (χ1) is 10.1. The number of benzene rings is 1. The first-order valence-electron chi connectivity index (χ1n) is 6.76. The molecule has 4 nitrogen and oxygen atoms in total. The van der Waals surface area contributed by atoms with Crippen molar-refractivity contribution in [2.75, 3.05) is 0 Å². The smallest absolute Gasteiger partial charge is 0.326 e. The van der Waals surface area contributed by atoms with Crippen molar-refractivity contribution in [2.45, 2.75) is 25.8 Å². The molecule has 0 spiro atoms. The number of carboxylic acids is 1. The number of rotatable bonds is 6. The molecule has 1 heterocycles. The fraction of sp³-hybridized carbons (Fsp3) is 0.250. The van der Waals surface area contributed by atoms with E-state index in [1.165, 1.54) is 11.3 Å². The normalized spacial score (nSPS) is 11.9. The lowest BCUT2D eigenvalue weighted by Gasteiger charge is -2.14. The van der Waals surface area contributed by atoms with Gasteiger partial charge in [0.15, 0.2) is 0 Å². The number of thiophene rings is 1. The summed E-state index contributed by atoms with van der Waals surface area (Å²) in [6.07, 6.45) is 1.14. The molecule has 2 aromatic rings. The molecule has 0 saturated heterocycles. The van der Waals surface area contributed by atoms with Gasteiger partial charge in [-0.3, -0.25) is 4.79 Å². The van der Waals surface area contributed by atoms with Gasteiger partial charge in [-0.1, -0.05) is 37.3 Å². The van der Waals surface area contributed by atoms with Crippen LogP contribution in [0.1, 0.15) is 27.0 Å². The van der Waals surface area contributed by atoms with Crippen LogP contribution in [0.3, 0.4) is 0 Å². The molecule has 21 heavy (non-hydrogen) atoms. The van der Waals surface area contributed by atoms with Crippen molar-refractivity contribution in [1.29, 1.82) is 0 Å². The Hall–Kier alpha value is -2.14. The summed E-state index contributed by atoms with van der Waals surface area (Å²) in [5.41, 5.74) is 0.880. The van der Waals surface area contributed by atoms with E-state index < -0.39 is 12.0 Å². The molecule has 0 aliphatic rings. The van der Waals surface area contributed by atoms with Gasteiger partial charge in [-0.05, 0) is 24.1 Å². The Morgan fingerprint density at radius 3 is 2.48 bits per heavy atom. The Bertz CT molecular complexity index is 621. The quantitative estimate of drug-likeness (QED) is 0.862. The van der Waals surface area contributed by atoms with Crippen molar-refractivity contribution in [3.05, 3.63) is 57.8 Å². The molecule has 0 radical (unpaired) electrons. The Kier molecular flexibility index (Phi) is 5.11. The van der Waals surface area contributed by atoms with Crippen LogP contribution in [0.5, 0.6) is 0 Å². The minimum Gasteiger partial charge on any atom is -0.480 e. The summed E-state index contributed by atoms with van der Waals surface area (Å²) in [7, 11) is 0. The lowest BCUT2D eigenvalue weighted by atomic mass is 10.1. The van der Waals surface area contributed by atoms with E-state index in [9.17, 15) is 14.7 Å². The molecule has 5 heteroatoms. The number of amides is 1. The maximum Gasteiger partial charge on any atom is 0.326 e. The average Bonchev–Trinajstić information content (AvgIpc) is 2.96. The van der Waals surface area contributed by atoms with Crippen LogP contribution in [-0.4, -0.2) is 23.0 Å². The van der Waals surface area contributed by atoms with E-state index in [1.54, 1.807) is 6.07 Å². The number of aliphatic carboxylic acids is 1. The summed E-state index contributed by atoms with van der Waals surface area (Å²) in [6.45, 7) is 2.02. The van der Waals surface area contributed by atoms with Crippen LogP contribution >= 0.6 is 11.3 Å². The molecule has 1 aromatic heterocycles. The summed E-state index contributed by atoms with van der Waals surface area (Å²) < 4.78 is 0. The monoisotopic (exact) mass is 303 g/mol. The maximum absolute atomic E-state index is 12.1. The fourth-order valence-corrected chi connectivity index (χ4v) is 2.82. The Balaban J connectivity index is 2.05. The summed E-state index contributed by atoms with van der Waals surface area (Å²) >= 11 is 1.40. The predicted molar refractivity (Wildman–Crippen MR) is 82.7 cm³/mol. The van der Waals surface area contributed by atoms with Crippen LogP contribution in [0.15, 0.2) is 42.5 Å². The average molecular weight is 303 g/mol. The second-order valence-electron chi connectivity index (χ2n) is 4.67. The molecule has 0 bridgehead atoms. The van der Waals surface area contributed by atoms with E-state index in [2.05, 4.69) is 5.32 Å². The van der Waals surface area contributed by atoms with Crippen LogP contribution in [0.2, 0.25) is 0 Å². The number of carbonyl (C=O) groups is 2. The highest BCUT2D eigenvalue weighted by atomic mass is 32.1. The zero-order valence-corrected chi connectivity index (χ0v) is 12.5. The van der Waals surface area contributed by atoms with E-state index in [4.69, 9.17) is 0 Å². The van der Waals surface area contributed by atoms with E-state index >= 15 is 0 Å². The number of aryl methyl sites for hydroxylation is 1. The largest absolute Gasteiger partial charge is 0.480 e. The lowest BCUT2D eigenvalue weighted by Crippen LogP contribution is -2.42. The predicted octanol–water partition coefficient (Wildman–Crippen LogP) is 2.74. The van der Waals surface area contributed by atoms with E-state index in [0.717, 1.165) is 16.9 Å². The van der Waals surface area contributed by atoms with E-state index in [-0.39, 0.29) is 12.3 Å². The Morgan fingerprint density at radius 1 is 1.19 bits per heavy atom. The van der Waals surface area contributed by atoms with Gasteiger partial charge in [-0.15, -0.1) is 11.3 Å². The molecule has 1 amide bonds. The Labute approximate surface area is 127 Å². The third-order valence-corrected chi connectivity index (χ3v) is 4.35. The van der Waals surface area contributed by atoms with Gasteiger partial charge in [0.1, 0.15) is 6.04 Å². The van der Waals surface area contributed by atoms with Crippen molar-refractivity contribution in [1.82, 2.24) is 5.32 Å². The van der Waals surface area contributed by atoms with Crippen LogP contribution in [0.25, 0.3) is 0 Å². The van der Waals surface area contributed by atoms with E-state index in [1.807, 2.05) is 43.3 Å². The molecular weight excluding hydrogens is 286 g/mol. The van der Waals surface area contributed by atoms with Crippen molar-refractivity contribution in [3.8, 4) is 0 Å². The minimum atomic E-state index is -1.03. The summed E-state index contributed by atoms with van der Waals surface area (Å²) in [4.78, 5) is 25.1. The van der Waals surface area contributed by atoms with Gasteiger partial charge in [-0.2, -0.15) is 0 Å². The number of carboxylic acid groups (broad SMARTS) is 1. The summed E-state index contributed by atoms with van der Waals surface area (Å²) in [5.74, 6) is -1.36. The highest BCUT2D eigenvalue weighted by Gasteiger charge is 2.21. The molecule has 0 aliphatic carbocycles. The first-order valence-corrected chi connectivity index (χ1v) is 7.58. The van der Waals surface area contributed by atoms with Gasteiger partial charge in [0.05, 0.1) is 4.88 Å². The summed E-state index contributed by atoms with van der Waals surface area (Å²) in [5, 5.41) is 11.9. The van der Waals surface area contributed by atoms with Crippen LogP contribution < -0.4 is 5.32 Å². The van der Waals surface area contributed by atoms with Crippen LogP contribution in [-0.2, 0) is 17.6 Å². The van der Waals surface area contributed by atoms with Gasteiger partial charge in [-0.25, -0.2) is 4.79 Å². The van der Waals surface area contributed by atoms with Gasteiger partial charge in [0.25, 0.3) is 5.91 Å². The second-order valence-corrected chi connectivity index (χ2v) is 5.84. The highest BCUT2D eigenvalue weighted by Crippen LogP contribution is 2.17. The molecule has 110 valence electrons. The second kappa shape index (κ2) is 7.04. The summed E-state index contributed by atoms with van der Waals surface area (Å²) in [6, 6.07) is 12.0. The number of nitrogens with one attached hydrogen (secondary N) is 1. The molecule has 2 rings (SSSR count). The molecular formula is C16H17NO3S. The third-order valence-electron chi connectivity index (χ3n) is 3.12. The molecule has 0 aliphatic heterocycles. The number of hydrogen-bond donors (Lipinski definition) is 2. The van der Waals surface area contributed by atoms with Gasteiger partial charge in [0.2, 0.25) is 0 Å². The fourth-order valence-electron chi connectivity index (χ4n) is 1.97. The van der Waals surface area contributed by atoms with Gasteiger partial charge in [0, 0.05) is 11.3 Å². The number of hydrogen-bond acceptors (Lipinski definition) is 3. The zero-order chi connectivity index (χ0) is 15.2. The van der Waals surface area contributed by atoms with Gasteiger partial charge < -0.3 is 10.4 Å². The number of carbonyl (C=O) groups excluding carboxylic acids is 1. The highest BCUT2D eigenvalue weighted by molar-refractivity contribution is 7.14. The third kappa shape index (κ3) is 4.16. The zero-order valence-electron chi connectivity index (χ0n) is 11.7. The molecule has 2 N–H and O–H groups in total. The first kappa shape index (κ1) is 15.3. The lowest BCUT2D eigenvalue weighted by molar-refractivity contribution is -0.139. The molecule has 0 unspecified atom stereocenters. The molecule has 1 aromatic carbocycles. The molecule has 0 fully saturated rings. The van der Waals surface area contributed by atoms with Crippen molar-refractivity contribution in [3.63, 3.8) is 0 Å². The standard InChI is InChI=1S/C16H17NO3S/c1-2-12-8-9-14(21-12)15(18)17-13(16(19)20)10-11-6-4-3-5-7-11/h3-9,13H,2,10H2,1H3,(H,17,18)(H,19,20)/t13-/m0/s1. The SMILES string of the molecule is CCc1ccc(C(=O)N[C@@H](Cc2ccccc2)C(=O)O)s1.